The molecule has 0 saturated carbocycles. The SMILES string of the molecule is COc1ccc([N+](=O)[O-])cc1NC(=O)COC(=O)c1ccc2c(c1)nc(C)n2-c1ccccc1. The lowest BCUT2D eigenvalue weighted by Gasteiger charge is -2.10. The second kappa shape index (κ2) is 9.41. The molecule has 0 fully saturated rings. The highest BCUT2D eigenvalue weighted by atomic mass is 16.6. The number of benzene rings is 3. The van der Waals surface area contributed by atoms with Crippen molar-refractivity contribution in [2.24, 2.45) is 0 Å². The number of nitro groups is 1. The van der Waals surface area contributed by atoms with E-state index in [1.807, 2.05) is 41.8 Å². The van der Waals surface area contributed by atoms with Crippen LogP contribution in [0.1, 0.15) is 16.2 Å². The Bertz CT molecular complexity index is 1400. The number of non-ortho nitro benzene ring substituents is 1. The minimum absolute atomic E-state index is 0.0982. The van der Waals surface area contributed by atoms with Crippen LogP contribution >= 0.6 is 0 Å². The molecule has 172 valence electrons. The van der Waals surface area contributed by atoms with Gasteiger partial charge in [-0.1, -0.05) is 18.2 Å². The fourth-order valence-electron chi connectivity index (χ4n) is 3.54. The molecule has 4 aromatic rings. The summed E-state index contributed by atoms with van der Waals surface area (Å²) in [6, 6.07) is 18.5. The van der Waals surface area contributed by atoms with Gasteiger partial charge in [0.25, 0.3) is 11.6 Å². The van der Waals surface area contributed by atoms with Gasteiger partial charge in [-0.05, 0) is 43.3 Å². The molecule has 1 aromatic heterocycles. The molecule has 1 heterocycles. The van der Waals surface area contributed by atoms with Crippen molar-refractivity contribution in [1.29, 1.82) is 0 Å². The third kappa shape index (κ3) is 4.56. The zero-order chi connectivity index (χ0) is 24.2. The number of rotatable bonds is 7. The lowest BCUT2D eigenvalue weighted by atomic mass is 10.2. The van der Waals surface area contributed by atoms with Crippen molar-refractivity contribution in [3.63, 3.8) is 0 Å². The minimum Gasteiger partial charge on any atom is -0.495 e. The number of carbonyl (C=O) groups is 2. The number of esters is 1. The summed E-state index contributed by atoms with van der Waals surface area (Å²) in [6.45, 7) is 1.29. The molecule has 0 saturated heterocycles. The summed E-state index contributed by atoms with van der Waals surface area (Å²) in [5, 5.41) is 13.4. The van der Waals surface area contributed by atoms with Gasteiger partial charge in [-0.2, -0.15) is 0 Å². The number of para-hydroxylation sites is 1. The number of hydrogen-bond donors (Lipinski definition) is 1. The first-order valence-corrected chi connectivity index (χ1v) is 10.2. The third-order valence-corrected chi connectivity index (χ3v) is 5.07. The molecule has 0 radical (unpaired) electrons. The molecule has 0 unspecified atom stereocenters. The molecular weight excluding hydrogens is 440 g/mol. The van der Waals surface area contributed by atoms with Gasteiger partial charge in [0.1, 0.15) is 11.6 Å². The smallest absolute Gasteiger partial charge is 0.338 e. The van der Waals surface area contributed by atoms with Crippen molar-refractivity contribution >= 4 is 34.3 Å². The molecule has 34 heavy (non-hydrogen) atoms. The predicted octanol–water partition coefficient (Wildman–Crippen LogP) is 4.05. The van der Waals surface area contributed by atoms with E-state index in [-0.39, 0.29) is 22.7 Å². The zero-order valence-electron chi connectivity index (χ0n) is 18.3. The van der Waals surface area contributed by atoms with Crippen LogP contribution in [0.25, 0.3) is 16.7 Å². The molecule has 4 rings (SSSR count). The molecule has 10 nitrogen and oxygen atoms in total. The van der Waals surface area contributed by atoms with Crippen LogP contribution in [0.5, 0.6) is 5.75 Å². The second-order valence-corrected chi connectivity index (χ2v) is 7.30. The van der Waals surface area contributed by atoms with Crippen molar-refractivity contribution in [3.8, 4) is 11.4 Å². The maximum Gasteiger partial charge on any atom is 0.338 e. The van der Waals surface area contributed by atoms with E-state index < -0.39 is 23.4 Å². The summed E-state index contributed by atoms with van der Waals surface area (Å²) in [6.07, 6.45) is 0. The number of imidazole rings is 1. The van der Waals surface area contributed by atoms with E-state index in [1.165, 1.54) is 19.2 Å². The number of nitrogens with zero attached hydrogens (tertiary/aromatic N) is 3. The van der Waals surface area contributed by atoms with Crippen molar-refractivity contribution < 1.29 is 24.0 Å². The van der Waals surface area contributed by atoms with E-state index in [1.54, 1.807) is 18.2 Å². The van der Waals surface area contributed by atoms with Gasteiger partial charge in [0.2, 0.25) is 0 Å². The Labute approximate surface area is 193 Å². The van der Waals surface area contributed by atoms with E-state index in [0.29, 0.717) is 5.52 Å². The van der Waals surface area contributed by atoms with Gasteiger partial charge in [-0.15, -0.1) is 0 Å². The van der Waals surface area contributed by atoms with Crippen molar-refractivity contribution in [1.82, 2.24) is 9.55 Å². The quantitative estimate of drug-likeness (QED) is 0.251. The van der Waals surface area contributed by atoms with Crippen LogP contribution in [0.15, 0.2) is 66.7 Å². The summed E-state index contributed by atoms with van der Waals surface area (Å²) < 4.78 is 12.2. The van der Waals surface area contributed by atoms with Gasteiger partial charge < -0.3 is 14.8 Å². The summed E-state index contributed by atoms with van der Waals surface area (Å²) in [4.78, 5) is 39.7. The van der Waals surface area contributed by atoms with Crippen molar-refractivity contribution in [2.75, 3.05) is 19.0 Å². The lowest BCUT2D eigenvalue weighted by Crippen LogP contribution is -2.21. The molecule has 1 N–H and O–H groups in total. The van der Waals surface area contributed by atoms with Crippen LogP contribution in [-0.2, 0) is 9.53 Å². The number of hydrogen-bond acceptors (Lipinski definition) is 7. The lowest BCUT2D eigenvalue weighted by molar-refractivity contribution is -0.384. The number of aromatic nitrogens is 2. The van der Waals surface area contributed by atoms with Crippen LogP contribution in [0.3, 0.4) is 0 Å². The fourth-order valence-corrected chi connectivity index (χ4v) is 3.54. The highest BCUT2D eigenvalue weighted by Crippen LogP contribution is 2.29. The normalized spacial score (nSPS) is 10.6. The standard InChI is InChI=1S/C24H20N4O6/c1-15-25-19-12-16(8-10-21(19)27(15)17-6-4-3-5-7-17)24(30)34-14-23(29)26-20-13-18(28(31)32)9-11-22(20)33-2/h3-13H,14H2,1-2H3,(H,26,29). The Balaban J connectivity index is 1.46. The first kappa shape index (κ1) is 22.5. The van der Waals surface area contributed by atoms with Crippen LogP contribution in [0.2, 0.25) is 0 Å². The Hall–Kier alpha value is -4.73. The number of carbonyl (C=O) groups excluding carboxylic acids is 2. The molecule has 0 aliphatic rings. The first-order valence-electron chi connectivity index (χ1n) is 10.2. The van der Waals surface area contributed by atoms with Gasteiger partial charge in [-0.25, -0.2) is 9.78 Å². The number of ether oxygens (including phenoxy) is 2. The van der Waals surface area contributed by atoms with Crippen molar-refractivity contribution in [3.05, 3.63) is 88.2 Å². The number of amides is 1. The Morgan fingerprint density at radius 1 is 1.09 bits per heavy atom. The second-order valence-electron chi connectivity index (χ2n) is 7.30. The highest BCUT2D eigenvalue weighted by Gasteiger charge is 2.17. The number of fused-ring (bicyclic) bond motifs is 1. The summed E-state index contributed by atoms with van der Waals surface area (Å²) >= 11 is 0. The van der Waals surface area contributed by atoms with E-state index in [4.69, 9.17) is 9.47 Å². The van der Waals surface area contributed by atoms with E-state index >= 15 is 0 Å². The maximum absolute atomic E-state index is 12.5. The average molecular weight is 460 g/mol. The highest BCUT2D eigenvalue weighted by molar-refractivity contribution is 5.98. The summed E-state index contributed by atoms with van der Waals surface area (Å²) in [7, 11) is 1.37. The zero-order valence-corrected chi connectivity index (χ0v) is 18.3. The topological polar surface area (TPSA) is 126 Å². The first-order chi connectivity index (χ1) is 16.4. The predicted molar refractivity (Wildman–Crippen MR) is 124 cm³/mol. The maximum atomic E-state index is 12.5. The largest absolute Gasteiger partial charge is 0.495 e. The van der Waals surface area contributed by atoms with Crippen LogP contribution in [-0.4, -0.2) is 40.1 Å². The molecule has 0 aliphatic carbocycles. The number of methoxy groups -OCH3 is 1. The van der Waals surface area contributed by atoms with Crippen LogP contribution in [0, 0.1) is 17.0 Å². The number of nitrogens with one attached hydrogen (secondary N) is 1. The fraction of sp³-hybridized carbons (Fsp3) is 0.125. The van der Waals surface area contributed by atoms with Gasteiger partial charge >= 0.3 is 5.97 Å². The van der Waals surface area contributed by atoms with Crippen LogP contribution in [0.4, 0.5) is 11.4 Å². The van der Waals surface area contributed by atoms with Gasteiger partial charge in [0.05, 0.1) is 34.3 Å². The van der Waals surface area contributed by atoms with E-state index in [2.05, 4.69) is 10.3 Å². The summed E-state index contributed by atoms with van der Waals surface area (Å²) in [5.41, 5.74) is 2.52. The average Bonchev–Trinajstić information content (AvgIpc) is 3.17. The van der Waals surface area contributed by atoms with E-state index in [9.17, 15) is 19.7 Å². The Kier molecular flexibility index (Phi) is 6.22. The Morgan fingerprint density at radius 3 is 2.56 bits per heavy atom. The Morgan fingerprint density at radius 2 is 1.85 bits per heavy atom. The number of aryl methyl sites for hydroxylation is 1. The molecule has 0 bridgehead atoms. The van der Waals surface area contributed by atoms with E-state index in [0.717, 1.165) is 23.1 Å². The van der Waals surface area contributed by atoms with Crippen LogP contribution < -0.4 is 10.1 Å². The minimum atomic E-state index is -0.699. The molecule has 10 heteroatoms. The number of anilines is 1. The summed E-state index contributed by atoms with van der Waals surface area (Å²) in [5.74, 6) is -0.371. The molecule has 0 atom stereocenters. The molecule has 0 aliphatic heterocycles. The van der Waals surface area contributed by atoms with Crippen molar-refractivity contribution in [2.45, 2.75) is 6.92 Å². The van der Waals surface area contributed by atoms with Gasteiger partial charge in [0, 0.05) is 17.8 Å². The van der Waals surface area contributed by atoms with Gasteiger partial charge in [0.15, 0.2) is 6.61 Å². The van der Waals surface area contributed by atoms with Gasteiger partial charge in [-0.3, -0.25) is 19.5 Å². The molecule has 3 aromatic carbocycles. The number of nitro benzene ring substituents is 1. The monoisotopic (exact) mass is 460 g/mol. The molecule has 0 spiro atoms. The third-order valence-electron chi connectivity index (χ3n) is 5.07. The molecular formula is C24H20N4O6. The molecule has 1 amide bonds.